The second-order valence-electron chi connectivity index (χ2n) is 1.45. The molecule has 50 valence electrons. The number of rotatable bonds is 1. The number of aromatic nitrogens is 2. The smallest absolute Gasteiger partial charge is 0.320 e. The normalized spacial score (nSPS) is 10.6. The van der Waals surface area contributed by atoms with Gasteiger partial charge in [0.1, 0.15) is 0 Å². The maximum atomic E-state index is 11.7. The van der Waals surface area contributed by atoms with Crippen molar-refractivity contribution < 1.29 is 8.78 Å². The number of hydrogen-bond donors (Lipinski definition) is 1. The lowest BCUT2D eigenvalue weighted by molar-refractivity contribution is 0.0687. The van der Waals surface area contributed by atoms with E-state index in [0.717, 1.165) is 0 Å². The van der Waals surface area contributed by atoms with E-state index in [2.05, 4.69) is 17.2 Å². The molecule has 0 fully saturated rings. The summed E-state index contributed by atoms with van der Waals surface area (Å²) in [5, 5.41) is 0. The van der Waals surface area contributed by atoms with Gasteiger partial charge in [0, 0.05) is 12.4 Å². The monoisotopic (exact) mass is 150 g/mol. The number of hydrogen-bond acceptors (Lipinski definition) is 1. The highest BCUT2D eigenvalue weighted by Crippen LogP contribution is 2.08. The molecule has 0 aliphatic heterocycles. The minimum absolute atomic E-state index is 0.0463. The van der Waals surface area contributed by atoms with Crippen LogP contribution in [0.2, 0.25) is 0 Å². The number of nitrogens with zero attached hydrogens (tertiary/aromatic N) is 1. The molecule has 1 N–H and O–H groups in total. The molecule has 9 heavy (non-hydrogen) atoms. The van der Waals surface area contributed by atoms with Crippen LogP contribution >= 0.6 is 12.2 Å². The van der Waals surface area contributed by atoms with Crippen LogP contribution in [0.1, 0.15) is 6.55 Å². The molecule has 5 heteroatoms. The average molecular weight is 150 g/mol. The molecule has 0 spiro atoms. The number of aromatic amines is 1. The Labute approximate surface area is 55.1 Å². The quantitative estimate of drug-likeness (QED) is 0.607. The van der Waals surface area contributed by atoms with Crippen LogP contribution in [-0.4, -0.2) is 9.55 Å². The summed E-state index contributed by atoms with van der Waals surface area (Å²) >= 11 is 4.49. The highest BCUT2D eigenvalue weighted by molar-refractivity contribution is 7.71. The van der Waals surface area contributed by atoms with Gasteiger partial charge in [0.05, 0.1) is 0 Å². The first-order chi connectivity index (χ1) is 4.22. The van der Waals surface area contributed by atoms with Gasteiger partial charge < -0.3 is 4.98 Å². The summed E-state index contributed by atoms with van der Waals surface area (Å²) in [4.78, 5) is 2.45. The Morgan fingerprint density at radius 3 is 2.56 bits per heavy atom. The van der Waals surface area contributed by atoms with Crippen LogP contribution in [0.5, 0.6) is 0 Å². The summed E-state index contributed by atoms with van der Waals surface area (Å²) in [5.41, 5.74) is 0. The molecular formula is C4H4F2N2S. The maximum absolute atomic E-state index is 11.7. The van der Waals surface area contributed by atoms with E-state index < -0.39 is 6.55 Å². The van der Waals surface area contributed by atoms with Crippen molar-refractivity contribution in [1.29, 1.82) is 0 Å². The van der Waals surface area contributed by atoms with E-state index in [1.807, 2.05) is 0 Å². The van der Waals surface area contributed by atoms with Gasteiger partial charge in [-0.3, -0.25) is 4.57 Å². The molecule has 0 saturated carbocycles. The number of H-pyrrole nitrogens is 1. The zero-order chi connectivity index (χ0) is 6.85. The molecule has 2 nitrogen and oxygen atoms in total. The topological polar surface area (TPSA) is 20.7 Å². The highest BCUT2D eigenvalue weighted by Gasteiger charge is 2.03. The van der Waals surface area contributed by atoms with Crippen molar-refractivity contribution in [2.45, 2.75) is 6.55 Å². The summed E-state index contributed by atoms with van der Waals surface area (Å²) in [6, 6.07) is 0. The Morgan fingerprint density at radius 2 is 2.33 bits per heavy atom. The summed E-state index contributed by atoms with van der Waals surface area (Å²) in [6.07, 6.45) is 2.57. The third-order valence-corrected chi connectivity index (χ3v) is 1.22. The molecule has 1 aromatic heterocycles. The zero-order valence-corrected chi connectivity index (χ0v) is 5.16. The molecule has 1 aromatic rings. The lowest BCUT2D eigenvalue weighted by Gasteiger charge is -1.95. The van der Waals surface area contributed by atoms with Crippen LogP contribution in [0.4, 0.5) is 8.78 Å². The largest absolute Gasteiger partial charge is 0.337 e. The number of imidazole rings is 1. The van der Waals surface area contributed by atoms with Gasteiger partial charge in [-0.05, 0) is 12.2 Å². The van der Waals surface area contributed by atoms with Gasteiger partial charge in [0.15, 0.2) is 4.77 Å². The van der Waals surface area contributed by atoms with E-state index >= 15 is 0 Å². The first kappa shape index (κ1) is 6.41. The minimum Gasteiger partial charge on any atom is -0.337 e. The second kappa shape index (κ2) is 2.26. The molecule has 0 aliphatic rings. The third kappa shape index (κ3) is 1.16. The van der Waals surface area contributed by atoms with Crippen molar-refractivity contribution in [3.8, 4) is 0 Å². The summed E-state index contributed by atoms with van der Waals surface area (Å²) in [5.74, 6) is 0. The predicted octanol–water partition coefficient (Wildman–Crippen LogP) is 1.94. The van der Waals surface area contributed by atoms with Crippen molar-refractivity contribution in [1.82, 2.24) is 9.55 Å². The molecule has 1 heterocycles. The van der Waals surface area contributed by atoms with Gasteiger partial charge in [0.25, 0.3) is 0 Å². The van der Waals surface area contributed by atoms with Gasteiger partial charge >= 0.3 is 6.55 Å². The lowest BCUT2D eigenvalue weighted by atomic mass is 10.9. The van der Waals surface area contributed by atoms with Crippen molar-refractivity contribution in [2.24, 2.45) is 0 Å². The maximum Gasteiger partial charge on any atom is 0.320 e. The summed E-state index contributed by atoms with van der Waals surface area (Å²) in [6.45, 7) is -2.54. The van der Waals surface area contributed by atoms with E-state index in [9.17, 15) is 8.78 Å². The molecule has 0 radical (unpaired) electrons. The molecule has 0 unspecified atom stereocenters. The number of nitrogens with one attached hydrogen (secondary N) is 1. The van der Waals surface area contributed by atoms with E-state index in [1.54, 1.807) is 0 Å². The van der Waals surface area contributed by atoms with Crippen molar-refractivity contribution in [2.75, 3.05) is 0 Å². The standard InChI is InChI=1S/C4H4F2N2S/c5-3(6)8-2-1-7-4(8)9/h1-3H,(H,7,9). The number of halogens is 2. The van der Waals surface area contributed by atoms with Crippen LogP contribution in [-0.2, 0) is 0 Å². The van der Waals surface area contributed by atoms with E-state index in [1.165, 1.54) is 12.4 Å². The molecule has 0 amide bonds. The average Bonchev–Trinajstić information content (AvgIpc) is 2.13. The molecule has 0 aromatic carbocycles. The fourth-order valence-electron chi connectivity index (χ4n) is 0.485. The second-order valence-corrected chi connectivity index (χ2v) is 1.84. The Balaban J connectivity index is 3.08. The van der Waals surface area contributed by atoms with Gasteiger partial charge in [-0.15, -0.1) is 0 Å². The Kier molecular flexibility index (Phi) is 1.61. The molecule has 0 bridgehead atoms. The Bertz CT molecular complexity index is 239. The molecular weight excluding hydrogens is 146 g/mol. The molecule has 0 saturated heterocycles. The Morgan fingerprint density at radius 1 is 1.67 bits per heavy atom. The first-order valence-electron chi connectivity index (χ1n) is 2.25. The van der Waals surface area contributed by atoms with E-state index in [4.69, 9.17) is 0 Å². The SMILES string of the molecule is FC(F)n1cc[nH]c1=S. The third-order valence-electron chi connectivity index (χ3n) is 0.887. The lowest BCUT2D eigenvalue weighted by Crippen LogP contribution is -1.94. The first-order valence-corrected chi connectivity index (χ1v) is 2.66. The minimum atomic E-state index is -2.54. The van der Waals surface area contributed by atoms with Gasteiger partial charge in [-0.25, -0.2) is 0 Å². The van der Waals surface area contributed by atoms with Crippen LogP contribution in [0.15, 0.2) is 12.4 Å². The van der Waals surface area contributed by atoms with Gasteiger partial charge in [-0.2, -0.15) is 8.78 Å². The van der Waals surface area contributed by atoms with E-state index in [-0.39, 0.29) is 4.77 Å². The van der Waals surface area contributed by atoms with E-state index in [0.29, 0.717) is 4.57 Å². The molecule has 0 aliphatic carbocycles. The predicted molar refractivity (Wildman–Crippen MR) is 30.9 cm³/mol. The molecule has 1 rings (SSSR count). The fraction of sp³-hybridized carbons (Fsp3) is 0.250. The number of alkyl halides is 2. The van der Waals surface area contributed by atoms with Crippen molar-refractivity contribution in [3.63, 3.8) is 0 Å². The van der Waals surface area contributed by atoms with Gasteiger partial charge in [-0.1, -0.05) is 0 Å². The van der Waals surface area contributed by atoms with Crippen LogP contribution < -0.4 is 0 Å². The Hall–Kier alpha value is -0.710. The van der Waals surface area contributed by atoms with Crippen molar-refractivity contribution >= 4 is 12.2 Å². The highest BCUT2D eigenvalue weighted by atomic mass is 32.1. The fourth-order valence-corrected chi connectivity index (χ4v) is 0.693. The van der Waals surface area contributed by atoms with Crippen LogP contribution in [0, 0.1) is 4.77 Å². The molecule has 0 atom stereocenters. The zero-order valence-electron chi connectivity index (χ0n) is 4.34. The summed E-state index contributed by atoms with van der Waals surface area (Å²) in [7, 11) is 0. The van der Waals surface area contributed by atoms with Crippen molar-refractivity contribution in [3.05, 3.63) is 17.2 Å². The van der Waals surface area contributed by atoms with Gasteiger partial charge in [0.2, 0.25) is 0 Å². The van der Waals surface area contributed by atoms with Crippen LogP contribution in [0.25, 0.3) is 0 Å². The van der Waals surface area contributed by atoms with Crippen LogP contribution in [0.3, 0.4) is 0 Å². The summed E-state index contributed by atoms with van der Waals surface area (Å²) < 4.78 is 24.2.